The summed E-state index contributed by atoms with van der Waals surface area (Å²) < 4.78 is 15.9. The van der Waals surface area contributed by atoms with Gasteiger partial charge in [-0.25, -0.2) is 4.98 Å². The number of anilines is 2. The maximum Gasteiger partial charge on any atom is 0.317 e. The molecule has 2 fully saturated rings. The van der Waals surface area contributed by atoms with Crippen LogP contribution < -0.4 is 20.9 Å². The maximum atomic E-state index is 12.1. The summed E-state index contributed by atoms with van der Waals surface area (Å²) in [7, 11) is 3.08. The van der Waals surface area contributed by atoms with Crippen molar-refractivity contribution < 1.29 is 23.8 Å². The highest BCUT2D eigenvalue weighted by Crippen LogP contribution is 2.40. The molecule has 0 bridgehead atoms. The second-order valence-electron chi connectivity index (χ2n) is 7.93. The molecule has 2 aliphatic rings. The normalized spacial score (nSPS) is 18.8. The molecule has 1 aromatic heterocycles. The van der Waals surface area contributed by atoms with Crippen molar-refractivity contribution in [2.75, 3.05) is 25.7 Å². The van der Waals surface area contributed by atoms with Gasteiger partial charge >= 0.3 is 11.9 Å². The Morgan fingerprint density at radius 1 is 1.16 bits per heavy atom. The van der Waals surface area contributed by atoms with Crippen molar-refractivity contribution >= 4 is 23.7 Å². The number of carbonyl (C=O) groups is 2. The summed E-state index contributed by atoms with van der Waals surface area (Å²) in [4.78, 5) is 31.8. The van der Waals surface area contributed by atoms with E-state index in [9.17, 15) is 9.59 Å². The number of nitrogens with two attached hydrogens (primary N) is 2. The van der Waals surface area contributed by atoms with Gasteiger partial charge in [0.1, 0.15) is 5.82 Å². The molecular weight excluding hydrogens is 412 g/mol. The molecule has 0 amide bonds. The zero-order valence-electron chi connectivity index (χ0n) is 17.9. The molecule has 1 aromatic carbocycles. The van der Waals surface area contributed by atoms with E-state index < -0.39 is 11.9 Å². The summed E-state index contributed by atoms with van der Waals surface area (Å²) in [5, 5.41) is 0. The van der Waals surface area contributed by atoms with Crippen LogP contribution in [-0.4, -0.2) is 36.1 Å². The summed E-state index contributed by atoms with van der Waals surface area (Å²) in [5.74, 6) is 6.08. The monoisotopic (exact) mass is 436 g/mol. The number of aromatic nitrogens is 2. The molecule has 4 rings (SSSR count). The van der Waals surface area contributed by atoms with Gasteiger partial charge in [0.05, 0.1) is 31.6 Å². The molecule has 2 aromatic rings. The van der Waals surface area contributed by atoms with Crippen LogP contribution in [0, 0.1) is 29.6 Å². The van der Waals surface area contributed by atoms with Gasteiger partial charge in [0.25, 0.3) is 0 Å². The van der Waals surface area contributed by atoms with Gasteiger partial charge in [0.15, 0.2) is 11.5 Å². The summed E-state index contributed by atoms with van der Waals surface area (Å²) >= 11 is 0. The number of methoxy groups -OCH3 is 2. The van der Waals surface area contributed by atoms with Crippen molar-refractivity contribution in [3.05, 3.63) is 35.0 Å². The molecule has 2 aliphatic carbocycles. The minimum Gasteiger partial charge on any atom is -0.493 e. The van der Waals surface area contributed by atoms with E-state index in [0.29, 0.717) is 35.7 Å². The lowest BCUT2D eigenvalue weighted by Gasteiger charge is -2.13. The second-order valence-corrected chi connectivity index (χ2v) is 7.93. The molecule has 32 heavy (non-hydrogen) atoms. The van der Waals surface area contributed by atoms with Crippen molar-refractivity contribution in [1.82, 2.24) is 9.97 Å². The summed E-state index contributed by atoms with van der Waals surface area (Å²) in [6.07, 6.45) is 4.20. The van der Waals surface area contributed by atoms with Crippen LogP contribution in [0.1, 0.15) is 36.0 Å². The molecule has 0 radical (unpaired) electrons. The van der Waals surface area contributed by atoms with Gasteiger partial charge in [-0.2, -0.15) is 4.98 Å². The van der Waals surface area contributed by atoms with Gasteiger partial charge in [-0.1, -0.05) is 11.8 Å². The highest BCUT2D eigenvalue weighted by atomic mass is 16.6. The number of esters is 2. The van der Waals surface area contributed by atoms with Gasteiger partial charge in [0.2, 0.25) is 5.95 Å². The van der Waals surface area contributed by atoms with Crippen molar-refractivity contribution in [2.45, 2.75) is 25.7 Å². The quantitative estimate of drug-likeness (QED) is 0.393. The zero-order chi connectivity index (χ0) is 22.8. The number of ether oxygens (including phenoxy) is 3. The third-order valence-electron chi connectivity index (χ3n) is 5.45. The number of hydrogen-bond donors (Lipinski definition) is 2. The average Bonchev–Trinajstić information content (AvgIpc) is 3.67. The van der Waals surface area contributed by atoms with E-state index >= 15 is 0 Å². The SMILES string of the molecule is COc1cc(Cc2cnc(N)nc2N)cc(C#CC2CC2C(=O)OC(=O)C2CC2)c1OC. The molecule has 4 N–H and O–H groups in total. The molecule has 2 unspecified atom stereocenters. The lowest BCUT2D eigenvalue weighted by Crippen LogP contribution is -2.15. The summed E-state index contributed by atoms with van der Waals surface area (Å²) in [6.45, 7) is 0. The Hall–Kier alpha value is -3.80. The van der Waals surface area contributed by atoms with Crippen molar-refractivity contribution in [3.8, 4) is 23.3 Å². The van der Waals surface area contributed by atoms with Crippen LogP contribution >= 0.6 is 0 Å². The van der Waals surface area contributed by atoms with Crippen molar-refractivity contribution in [2.24, 2.45) is 17.8 Å². The van der Waals surface area contributed by atoms with Crippen LogP contribution in [-0.2, 0) is 20.7 Å². The third-order valence-corrected chi connectivity index (χ3v) is 5.45. The average molecular weight is 436 g/mol. The zero-order valence-corrected chi connectivity index (χ0v) is 17.9. The standard InChI is InChI=1S/C23H24N4O5/c1-30-18-9-12(8-16-11-26-23(25)27-20(16)24)7-15(19(18)31-2)6-5-14-10-17(14)22(29)32-21(28)13-3-4-13/h7,9,11,13-14,17H,3-4,8,10H2,1-2H3,(H4,24,25,26,27). The highest BCUT2D eigenvalue weighted by Gasteiger charge is 2.45. The number of carbonyl (C=O) groups excluding carboxylic acids is 2. The Kier molecular flexibility index (Phi) is 5.86. The molecule has 2 saturated carbocycles. The molecule has 2 atom stereocenters. The first-order valence-electron chi connectivity index (χ1n) is 10.3. The van der Waals surface area contributed by atoms with Crippen LogP contribution in [0.4, 0.5) is 11.8 Å². The number of hydrogen-bond acceptors (Lipinski definition) is 9. The number of rotatable bonds is 6. The van der Waals surface area contributed by atoms with Crippen LogP contribution in [0.3, 0.4) is 0 Å². The predicted octanol–water partition coefficient (Wildman–Crippen LogP) is 1.72. The van der Waals surface area contributed by atoms with E-state index in [4.69, 9.17) is 25.7 Å². The van der Waals surface area contributed by atoms with E-state index in [2.05, 4.69) is 21.8 Å². The fourth-order valence-electron chi connectivity index (χ4n) is 3.37. The van der Waals surface area contributed by atoms with E-state index in [0.717, 1.165) is 24.0 Å². The Bertz CT molecular complexity index is 1130. The molecule has 9 heteroatoms. The molecule has 9 nitrogen and oxygen atoms in total. The number of nitrogens with zero attached hydrogens (tertiary/aromatic N) is 2. The van der Waals surface area contributed by atoms with Gasteiger partial charge < -0.3 is 25.7 Å². The molecule has 0 aliphatic heterocycles. The Labute approximate surface area is 185 Å². The highest BCUT2D eigenvalue weighted by molar-refractivity contribution is 5.90. The van der Waals surface area contributed by atoms with Crippen molar-refractivity contribution in [1.29, 1.82) is 0 Å². The molecule has 166 valence electrons. The third kappa shape index (κ3) is 4.75. The van der Waals surface area contributed by atoms with E-state index in [-0.39, 0.29) is 23.7 Å². The molecule has 1 heterocycles. The van der Waals surface area contributed by atoms with E-state index in [1.807, 2.05) is 12.1 Å². The Morgan fingerprint density at radius 2 is 1.94 bits per heavy atom. The summed E-state index contributed by atoms with van der Waals surface area (Å²) in [6, 6.07) is 3.71. The fraction of sp³-hybridized carbons (Fsp3) is 0.391. The second kappa shape index (κ2) is 8.75. The van der Waals surface area contributed by atoms with Gasteiger partial charge in [-0.3, -0.25) is 9.59 Å². The largest absolute Gasteiger partial charge is 0.493 e. The molecular formula is C23H24N4O5. The smallest absolute Gasteiger partial charge is 0.317 e. The Balaban J connectivity index is 1.52. The van der Waals surface area contributed by atoms with Gasteiger partial charge in [-0.15, -0.1) is 0 Å². The first kappa shape index (κ1) is 21.4. The van der Waals surface area contributed by atoms with Crippen LogP contribution in [0.2, 0.25) is 0 Å². The maximum absolute atomic E-state index is 12.1. The molecule has 0 saturated heterocycles. The lowest BCUT2D eigenvalue weighted by molar-refractivity contribution is -0.161. The number of nitrogen functional groups attached to an aromatic ring is 2. The topological polar surface area (TPSA) is 140 Å². The van der Waals surface area contributed by atoms with Crippen LogP contribution in [0.5, 0.6) is 11.5 Å². The first-order chi connectivity index (χ1) is 15.4. The fourth-order valence-corrected chi connectivity index (χ4v) is 3.37. The Morgan fingerprint density at radius 3 is 2.59 bits per heavy atom. The van der Waals surface area contributed by atoms with Crippen LogP contribution in [0.25, 0.3) is 0 Å². The lowest BCUT2D eigenvalue weighted by atomic mass is 10.0. The predicted molar refractivity (Wildman–Crippen MR) is 116 cm³/mol. The van der Waals surface area contributed by atoms with E-state index in [1.165, 1.54) is 7.11 Å². The summed E-state index contributed by atoms with van der Waals surface area (Å²) in [5.41, 5.74) is 13.7. The minimum absolute atomic E-state index is 0.109. The van der Waals surface area contributed by atoms with E-state index in [1.54, 1.807) is 13.3 Å². The van der Waals surface area contributed by atoms with Crippen molar-refractivity contribution in [3.63, 3.8) is 0 Å². The molecule has 0 spiro atoms. The minimum atomic E-state index is -0.488. The first-order valence-corrected chi connectivity index (χ1v) is 10.3. The van der Waals surface area contributed by atoms with Crippen LogP contribution in [0.15, 0.2) is 18.3 Å². The van der Waals surface area contributed by atoms with Gasteiger partial charge in [0, 0.05) is 24.1 Å². The number of benzene rings is 1. The van der Waals surface area contributed by atoms with Gasteiger partial charge in [-0.05, 0) is 37.0 Å².